The molecule has 0 heterocycles. The third-order valence-corrected chi connectivity index (χ3v) is 9.93. The maximum atomic E-state index is 6.69. The average Bonchev–Trinajstić information content (AvgIpc) is 2.62. The zero-order chi connectivity index (χ0) is 20.7. The number of benzene rings is 1. The van der Waals surface area contributed by atoms with Crippen molar-refractivity contribution in [1.82, 2.24) is 0 Å². The first kappa shape index (κ1) is 23.7. The van der Waals surface area contributed by atoms with Gasteiger partial charge in [-0.15, -0.1) is 6.58 Å². The summed E-state index contributed by atoms with van der Waals surface area (Å²) in [6.45, 7) is 20.8. The Balaban J connectivity index is 2.71. The van der Waals surface area contributed by atoms with Crippen molar-refractivity contribution in [2.75, 3.05) is 13.7 Å². The molecule has 0 unspecified atom stereocenters. The summed E-state index contributed by atoms with van der Waals surface area (Å²) in [5.74, 6) is 1.12. The summed E-state index contributed by atoms with van der Waals surface area (Å²) in [6.07, 6.45) is 4.17. The van der Waals surface area contributed by atoms with Gasteiger partial charge in [0.25, 0.3) is 0 Å². The summed E-state index contributed by atoms with van der Waals surface area (Å²) in [7, 11) is -0.188. The Hall–Kier alpha value is -1.36. The molecule has 1 aromatic rings. The lowest BCUT2D eigenvalue weighted by molar-refractivity contribution is 0.144. The molecular formula is C23H38O3Si. The van der Waals surface area contributed by atoms with E-state index in [0.29, 0.717) is 13.2 Å². The van der Waals surface area contributed by atoms with E-state index in [1.165, 1.54) is 5.57 Å². The van der Waals surface area contributed by atoms with Crippen LogP contribution >= 0.6 is 0 Å². The number of rotatable bonds is 10. The Morgan fingerprint density at radius 1 is 1.19 bits per heavy atom. The quantitative estimate of drug-likeness (QED) is 0.264. The van der Waals surface area contributed by atoms with Crippen molar-refractivity contribution < 1.29 is 13.9 Å². The minimum Gasteiger partial charge on any atom is -0.497 e. The van der Waals surface area contributed by atoms with Crippen molar-refractivity contribution in [3.05, 3.63) is 54.1 Å². The van der Waals surface area contributed by atoms with E-state index in [9.17, 15) is 0 Å². The molecule has 3 nitrogen and oxygen atoms in total. The van der Waals surface area contributed by atoms with Crippen molar-refractivity contribution in [3.8, 4) is 5.75 Å². The smallest absolute Gasteiger partial charge is 0.192 e. The summed E-state index contributed by atoms with van der Waals surface area (Å²) in [5, 5.41) is 0.178. The van der Waals surface area contributed by atoms with Crippen LogP contribution in [0, 0.1) is 5.92 Å². The van der Waals surface area contributed by atoms with Gasteiger partial charge in [0.05, 0.1) is 26.4 Å². The van der Waals surface area contributed by atoms with Crippen LogP contribution in [0.25, 0.3) is 0 Å². The SMILES string of the molecule is C=C[C@H](C)[C@@H](O[Si](C)(C)C(C)(C)C)/C(C)=C/COCc1ccc(OC)cc1. The highest BCUT2D eigenvalue weighted by Gasteiger charge is 2.40. The first-order valence-electron chi connectivity index (χ1n) is 9.69. The van der Waals surface area contributed by atoms with Gasteiger partial charge in [-0.1, -0.05) is 52.0 Å². The number of methoxy groups -OCH3 is 1. The largest absolute Gasteiger partial charge is 0.497 e. The third kappa shape index (κ3) is 7.28. The molecule has 0 N–H and O–H groups in total. The molecule has 0 saturated carbocycles. The van der Waals surface area contributed by atoms with Crippen LogP contribution in [-0.2, 0) is 15.8 Å². The van der Waals surface area contributed by atoms with Gasteiger partial charge in [0.1, 0.15) is 5.75 Å². The standard InChI is InChI=1S/C23H38O3Si/c1-10-18(2)22(26-27(8,9)23(4,5)6)19(3)15-16-25-17-20-11-13-21(24-7)14-12-20/h10-15,18,22H,1,16-17H2,2-9H3/b19-15+/t18-,22+/m0/s1. The zero-order valence-corrected chi connectivity index (χ0v) is 19.5. The second-order valence-corrected chi connectivity index (χ2v) is 13.5. The highest BCUT2D eigenvalue weighted by Crippen LogP contribution is 2.39. The molecule has 0 aliphatic carbocycles. The van der Waals surface area contributed by atoms with Crippen LogP contribution in [0.15, 0.2) is 48.6 Å². The lowest BCUT2D eigenvalue weighted by Gasteiger charge is -2.41. The van der Waals surface area contributed by atoms with Crippen LogP contribution in [0.5, 0.6) is 5.75 Å². The summed E-state index contributed by atoms with van der Waals surface area (Å²) < 4.78 is 17.7. The van der Waals surface area contributed by atoms with Crippen LogP contribution in [0.4, 0.5) is 0 Å². The van der Waals surface area contributed by atoms with E-state index in [-0.39, 0.29) is 17.1 Å². The van der Waals surface area contributed by atoms with E-state index in [4.69, 9.17) is 13.9 Å². The fraction of sp³-hybridized carbons (Fsp3) is 0.565. The number of ether oxygens (including phenoxy) is 2. The molecule has 0 aliphatic heterocycles. The van der Waals surface area contributed by atoms with Crippen molar-refractivity contribution >= 4 is 8.32 Å². The predicted octanol–water partition coefficient (Wildman–Crippen LogP) is 6.37. The monoisotopic (exact) mass is 390 g/mol. The summed E-state index contributed by atoms with van der Waals surface area (Å²) >= 11 is 0. The molecule has 0 bridgehead atoms. The number of hydrogen-bond acceptors (Lipinski definition) is 3. The molecule has 152 valence electrons. The average molecular weight is 391 g/mol. The maximum Gasteiger partial charge on any atom is 0.192 e. The van der Waals surface area contributed by atoms with E-state index in [2.05, 4.69) is 60.4 Å². The van der Waals surface area contributed by atoms with Gasteiger partial charge in [-0.2, -0.15) is 0 Å². The molecule has 1 aromatic carbocycles. The molecule has 0 radical (unpaired) electrons. The van der Waals surface area contributed by atoms with Crippen LogP contribution in [0.1, 0.15) is 40.2 Å². The molecule has 0 fully saturated rings. The van der Waals surface area contributed by atoms with Gasteiger partial charge in [-0.25, -0.2) is 0 Å². The molecule has 0 saturated heterocycles. The van der Waals surface area contributed by atoms with E-state index < -0.39 is 8.32 Å². The van der Waals surface area contributed by atoms with Gasteiger partial charge >= 0.3 is 0 Å². The van der Waals surface area contributed by atoms with E-state index in [1.807, 2.05) is 30.3 Å². The van der Waals surface area contributed by atoms with Gasteiger partial charge in [-0.3, -0.25) is 0 Å². The van der Waals surface area contributed by atoms with Gasteiger partial charge in [0.2, 0.25) is 0 Å². The second-order valence-electron chi connectivity index (χ2n) is 8.70. The third-order valence-electron chi connectivity index (χ3n) is 5.48. The molecule has 0 aromatic heterocycles. The van der Waals surface area contributed by atoms with E-state index >= 15 is 0 Å². The van der Waals surface area contributed by atoms with E-state index in [0.717, 1.165) is 11.3 Å². The first-order valence-corrected chi connectivity index (χ1v) is 12.6. The normalized spacial score (nSPS) is 15.3. The van der Waals surface area contributed by atoms with E-state index in [1.54, 1.807) is 7.11 Å². The van der Waals surface area contributed by atoms with Gasteiger partial charge < -0.3 is 13.9 Å². The highest BCUT2D eigenvalue weighted by atomic mass is 28.4. The lowest BCUT2D eigenvalue weighted by Crippen LogP contribution is -2.45. The number of hydrogen-bond donors (Lipinski definition) is 0. The first-order chi connectivity index (χ1) is 12.5. The molecular weight excluding hydrogens is 352 g/mol. The molecule has 0 amide bonds. The summed E-state index contributed by atoms with van der Waals surface area (Å²) in [6, 6.07) is 7.96. The van der Waals surface area contributed by atoms with Crippen LogP contribution in [-0.4, -0.2) is 28.1 Å². The summed E-state index contributed by atoms with van der Waals surface area (Å²) in [4.78, 5) is 0. The highest BCUT2D eigenvalue weighted by molar-refractivity contribution is 6.74. The van der Waals surface area contributed by atoms with Crippen LogP contribution < -0.4 is 4.74 Å². The maximum absolute atomic E-state index is 6.69. The van der Waals surface area contributed by atoms with Gasteiger partial charge in [0.15, 0.2) is 8.32 Å². The fourth-order valence-corrected chi connectivity index (χ4v) is 3.83. The van der Waals surface area contributed by atoms with Gasteiger partial charge in [-0.05, 0) is 48.3 Å². The predicted molar refractivity (Wildman–Crippen MR) is 118 cm³/mol. The van der Waals surface area contributed by atoms with Crippen molar-refractivity contribution in [1.29, 1.82) is 0 Å². The zero-order valence-electron chi connectivity index (χ0n) is 18.5. The Kier molecular flexibility index (Phi) is 8.99. The molecule has 0 spiro atoms. The summed E-state index contributed by atoms with van der Waals surface area (Å²) in [5.41, 5.74) is 2.34. The molecule has 1 rings (SSSR count). The molecule has 0 aliphatic rings. The van der Waals surface area contributed by atoms with Crippen molar-refractivity contribution in [3.63, 3.8) is 0 Å². The minimum atomic E-state index is -1.86. The van der Waals surface area contributed by atoms with Crippen LogP contribution in [0.3, 0.4) is 0 Å². The molecule has 4 heteroatoms. The minimum absolute atomic E-state index is 0.0491. The molecule has 27 heavy (non-hydrogen) atoms. The Morgan fingerprint density at radius 2 is 1.78 bits per heavy atom. The molecule has 2 atom stereocenters. The van der Waals surface area contributed by atoms with Crippen molar-refractivity contribution in [2.45, 2.75) is 65.5 Å². The van der Waals surface area contributed by atoms with Crippen LogP contribution in [0.2, 0.25) is 18.1 Å². The van der Waals surface area contributed by atoms with Crippen molar-refractivity contribution in [2.24, 2.45) is 5.92 Å². The van der Waals surface area contributed by atoms with Gasteiger partial charge in [0, 0.05) is 5.92 Å². The Morgan fingerprint density at radius 3 is 2.26 bits per heavy atom. The second kappa shape index (κ2) is 10.3. The lowest BCUT2D eigenvalue weighted by atomic mass is 9.98. The topological polar surface area (TPSA) is 27.7 Å². The Bertz CT molecular complexity index is 612. The fourth-order valence-electron chi connectivity index (χ4n) is 2.44. The Labute approximate surface area is 167 Å².